The summed E-state index contributed by atoms with van der Waals surface area (Å²) in [5, 5.41) is 2.31. The largest absolute Gasteiger partial charge is 0.328 e. The Bertz CT molecular complexity index is 962. The first-order valence-electron chi connectivity index (χ1n) is 8.10. The summed E-state index contributed by atoms with van der Waals surface area (Å²) in [4.78, 5) is 33.1. The number of halogens is 3. The Kier molecular flexibility index (Phi) is 3.94. The van der Waals surface area contributed by atoms with E-state index >= 15 is 0 Å². The van der Waals surface area contributed by atoms with Gasteiger partial charge < -0.3 is 4.90 Å². The molecule has 1 fully saturated rings. The zero-order chi connectivity index (χ0) is 19.3. The molecule has 1 aromatic heterocycles. The second kappa shape index (κ2) is 6.07. The minimum absolute atomic E-state index is 0. The molecule has 1 N–H and O–H groups in total. The zero-order valence-corrected chi connectivity index (χ0v) is 13.9. The Hall–Kier alpha value is -2.91. The molecule has 0 saturated heterocycles. The number of benzene rings is 1. The second-order valence-corrected chi connectivity index (χ2v) is 6.69. The Labute approximate surface area is 154 Å². The lowest BCUT2D eigenvalue weighted by Crippen LogP contribution is -2.48. The van der Waals surface area contributed by atoms with Crippen molar-refractivity contribution in [2.45, 2.75) is 18.0 Å². The van der Waals surface area contributed by atoms with Gasteiger partial charge in [0.15, 0.2) is 5.82 Å². The highest BCUT2D eigenvalue weighted by Gasteiger charge is 2.61. The molecule has 2 heterocycles. The maximum absolute atomic E-state index is 14.4. The number of anilines is 1. The van der Waals surface area contributed by atoms with E-state index in [-0.39, 0.29) is 36.9 Å². The first-order chi connectivity index (χ1) is 12.8. The van der Waals surface area contributed by atoms with Crippen LogP contribution in [0.4, 0.5) is 19.1 Å². The Morgan fingerprint density at radius 2 is 2.04 bits per heavy atom. The van der Waals surface area contributed by atoms with E-state index in [4.69, 9.17) is 7.85 Å². The monoisotopic (exact) mass is 374 g/mol. The van der Waals surface area contributed by atoms with E-state index in [2.05, 4.69) is 15.3 Å². The van der Waals surface area contributed by atoms with Gasteiger partial charge >= 0.3 is 0 Å². The second-order valence-electron chi connectivity index (χ2n) is 6.69. The van der Waals surface area contributed by atoms with Crippen LogP contribution in [-0.4, -0.2) is 53.8 Å². The number of alkyl halides is 1. The number of carbonyl (C=O) groups is 2. The summed E-state index contributed by atoms with van der Waals surface area (Å²) in [6.07, 6.45) is 0.612. The lowest BCUT2D eigenvalue weighted by Gasteiger charge is -2.34. The maximum atomic E-state index is 14.4. The molecule has 1 aromatic carbocycles. The molecule has 6 nitrogen and oxygen atoms in total. The average Bonchev–Trinajstić information content (AvgIpc) is 3.24. The number of nitrogens with zero attached hydrogens (tertiary/aromatic N) is 3. The Morgan fingerprint density at radius 1 is 1.37 bits per heavy atom. The van der Waals surface area contributed by atoms with Gasteiger partial charge in [-0.25, -0.2) is 23.1 Å². The molecule has 2 aliphatic rings. The fourth-order valence-corrected chi connectivity index (χ4v) is 3.44. The van der Waals surface area contributed by atoms with E-state index in [0.29, 0.717) is 0 Å². The van der Waals surface area contributed by atoms with Gasteiger partial charge in [0.1, 0.15) is 26.4 Å². The van der Waals surface area contributed by atoms with Crippen LogP contribution in [0, 0.1) is 11.6 Å². The van der Waals surface area contributed by atoms with E-state index in [1.807, 2.05) is 0 Å². The summed E-state index contributed by atoms with van der Waals surface area (Å²) >= 11 is 0. The summed E-state index contributed by atoms with van der Waals surface area (Å²) in [7, 11) is 5.64. The van der Waals surface area contributed by atoms with Crippen molar-refractivity contribution >= 4 is 31.1 Å². The molecule has 2 atom stereocenters. The fraction of sp³-hybridized carbons (Fsp3) is 0.294. The molecule has 1 saturated carbocycles. The van der Waals surface area contributed by atoms with Crippen LogP contribution in [0.2, 0.25) is 0 Å². The molecule has 1 unspecified atom stereocenters. The van der Waals surface area contributed by atoms with Gasteiger partial charge in [-0.15, -0.1) is 0 Å². The van der Waals surface area contributed by atoms with Crippen molar-refractivity contribution in [1.29, 1.82) is 0 Å². The first-order valence-corrected chi connectivity index (χ1v) is 8.10. The van der Waals surface area contributed by atoms with E-state index < -0.39 is 41.6 Å². The number of aromatic nitrogens is 2. The summed E-state index contributed by atoms with van der Waals surface area (Å²) in [5.74, 6) is -3.05. The predicted molar refractivity (Wildman–Crippen MR) is 91.6 cm³/mol. The molecule has 2 radical (unpaired) electrons. The van der Waals surface area contributed by atoms with Crippen molar-refractivity contribution in [3.63, 3.8) is 0 Å². The van der Waals surface area contributed by atoms with Crippen molar-refractivity contribution in [2.24, 2.45) is 0 Å². The molecular weight excluding hydrogens is 360 g/mol. The SMILES string of the molecule is [B]c1cc(F)c2c(c1)[C@]1(CC1F)CN(CC(=O)Nc1ncc(F)cn1)C2=O.[HH]. The van der Waals surface area contributed by atoms with E-state index in [1.165, 1.54) is 6.07 Å². The quantitative estimate of drug-likeness (QED) is 0.810. The van der Waals surface area contributed by atoms with Crippen LogP contribution in [-0.2, 0) is 10.2 Å². The lowest BCUT2D eigenvalue weighted by molar-refractivity contribution is -0.117. The standard InChI is InChI=1S/C17H12BF3N4O2.H2/c18-8-1-10-14(11(20)2-8)15(27)25(7-17(10)3-12(17)21)6-13(26)24-16-22-4-9(19)5-23-16;/h1-2,4-5,12H,3,6-7H2,(H,22,23,24,26);1H/t12?,17-;/m0./s1. The highest BCUT2D eigenvalue weighted by molar-refractivity contribution is 6.32. The highest BCUT2D eigenvalue weighted by Crippen LogP contribution is 2.54. The van der Waals surface area contributed by atoms with Gasteiger partial charge in [0, 0.05) is 13.4 Å². The molecule has 1 aliphatic heterocycles. The van der Waals surface area contributed by atoms with E-state index in [0.717, 1.165) is 23.4 Å². The maximum Gasteiger partial charge on any atom is 0.257 e. The topological polar surface area (TPSA) is 75.2 Å². The summed E-state index contributed by atoms with van der Waals surface area (Å²) in [5.41, 5.74) is -0.957. The van der Waals surface area contributed by atoms with E-state index in [1.54, 1.807) is 0 Å². The molecule has 4 rings (SSSR count). The van der Waals surface area contributed by atoms with Crippen LogP contribution in [0.1, 0.15) is 23.8 Å². The van der Waals surface area contributed by atoms with Crippen molar-refractivity contribution < 1.29 is 24.2 Å². The van der Waals surface area contributed by atoms with Crippen molar-refractivity contribution in [1.82, 2.24) is 14.9 Å². The summed E-state index contributed by atoms with van der Waals surface area (Å²) < 4.78 is 41.3. The average molecular weight is 374 g/mol. The van der Waals surface area contributed by atoms with Crippen molar-refractivity contribution in [3.8, 4) is 0 Å². The molecule has 0 bridgehead atoms. The number of carbonyl (C=O) groups excluding carboxylic acids is 2. The lowest BCUT2D eigenvalue weighted by atomic mass is 9.81. The van der Waals surface area contributed by atoms with Crippen LogP contribution in [0.25, 0.3) is 0 Å². The van der Waals surface area contributed by atoms with Gasteiger partial charge in [0.2, 0.25) is 11.9 Å². The Balaban J connectivity index is 0.00000225. The van der Waals surface area contributed by atoms with Crippen LogP contribution in [0.3, 0.4) is 0 Å². The van der Waals surface area contributed by atoms with Crippen LogP contribution >= 0.6 is 0 Å². The van der Waals surface area contributed by atoms with Crippen LogP contribution in [0.5, 0.6) is 0 Å². The van der Waals surface area contributed by atoms with Crippen LogP contribution < -0.4 is 10.8 Å². The predicted octanol–water partition coefficient (Wildman–Crippen LogP) is 0.869. The van der Waals surface area contributed by atoms with Gasteiger partial charge in [0.05, 0.1) is 18.0 Å². The molecule has 138 valence electrons. The fourth-order valence-electron chi connectivity index (χ4n) is 3.44. The van der Waals surface area contributed by atoms with Crippen LogP contribution in [0.15, 0.2) is 24.5 Å². The zero-order valence-electron chi connectivity index (χ0n) is 13.9. The number of hydrogen-bond acceptors (Lipinski definition) is 4. The third-order valence-corrected chi connectivity index (χ3v) is 4.81. The smallest absolute Gasteiger partial charge is 0.257 e. The molecule has 1 aliphatic carbocycles. The number of rotatable bonds is 3. The minimum atomic E-state index is -1.25. The highest BCUT2D eigenvalue weighted by atomic mass is 19.1. The first kappa shape index (κ1) is 17.5. The van der Waals surface area contributed by atoms with Gasteiger partial charge in [-0.1, -0.05) is 11.5 Å². The summed E-state index contributed by atoms with van der Waals surface area (Å²) in [6.45, 7) is -0.516. The normalized spacial score (nSPS) is 23.3. The molecule has 1 spiro atoms. The molecule has 27 heavy (non-hydrogen) atoms. The van der Waals surface area contributed by atoms with Gasteiger partial charge in [-0.05, 0) is 18.1 Å². The number of amides is 2. The third-order valence-electron chi connectivity index (χ3n) is 4.81. The molecular formula is C17H14BF3N4O2. The molecule has 2 aromatic rings. The van der Waals surface area contributed by atoms with Crippen molar-refractivity contribution in [2.75, 3.05) is 18.4 Å². The number of hydrogen-bond donors (Lipinski definition) is 1. The number of fused-ring (bicyclic) bond motifs is 2. The Morgan fingerprint density at radius 3 is 2.67 bits per heavy atom. The molecule has 10 heteroatoms. The summed E-state index contributed by atoms with van der Waals surface area (Å²) in [6, 6.07) is 2.41. The van der Waals surface area contributed by atoms with E-state index in [9.17, 15) is 22.8 Å². The molecule has 2 amide bonds. The van der Waals surface area contributed by atoms with Gasteiger partial charge in [0.25, 0.3) is 5.91 Å². The van der Waals surface area contributed by atoms with Gasteiger partial charge in [-0.3, -0.25) is 14.9 Å². The number of nitrogens with one attached hydrogen (secondary N) is 1. The third kappa shape index (κ3) is 2.94. The van der Waals surface area contributed by atoms with Gasteiger partial charge in [-0.2, -0.15) is 0 Å². The van der Waals surface area contributed by atoms with Crippen molar-refractivity contribution in [3.05, 3.63) is 47.3 Å². The minimum Gasteiger partial charge on any atom is -0.328 e.